The normalized spacial score (nSPS) is 14.5. The maximum Gasteiger partial charge on any atom is 0.333 e. The number of carbonyl (C=O) groups is 2. The van der Waals surface area contributed by atoms with Crippen molar-refractivity contribution in [3.05, 3.63) is 48.0 Å². The molecule has 0 aromatic rings. The molecule has 0 radical (unpaired) electrons. The molecular weight excluding hydrogens is 296 g/mol. The molecule has 5 nitrogen and oxygen atoms in total. The van der Waals surface area contributed by atoms with Gasteiger partial charge in [-0.15, -0.1) is 0 Å². The summed E-state index contributed by atoms with van der Waals surface area (Å²) in [5.41, 5.74) is 0.615. The third-order valence-corrected chi connectivity index (χ3v) is 2.87. The lowest BCUT2D eigenvalue weighted by Gasteiger charge is -2.22. The highest BCUT2D eigenvalue weighted by Crippen LogP contribution is 2.19. The predicted molar refractivity (Wildman–Crippen MR) is 89.3 cm³/mol. The van der Waals surface area contributed by atoms with E-state index in [0.29, 0.717) is 22.7 Å². The van der Waals surface area contributed by atoms with E-state index in [0.717, 1.165) is 0 Å². The van der Waals surface area contributed by atoms with Gasteiger partial charge in [0, 0.05) is 11.1 Å². The first-order valence-corrected chi connectivity index (χ1v) is 7.37. The lowest BCUT2D eigenvalue weighted by molar-refractivity contribution is -0.144. The minimum Gasteiger partial charge on any atom is -0.459 e. The van der Waals surface area contributed by atoms with Crippen molar-refractivity contribution in [3.63, 3.8) is 0 Å². The van der Waals surface area contributed by atoms with E-state index in [1.165, 1.54) is 0 Å². The molecule has 0 aliphatic carbocycles. The zero-order chi connectivity index (χ0) is 18.2. The van der Waals surface area contributed by atoms with Gasteiger partial charge in [-0.2, -0.15) is 0 Å². The molecule has 0 aliphatic heterocycles. The van der Waals surface area contributed by atoms with E-state index in [2.05, 4.69) is 13.2 Å². The van der Waals surface area contributed by atoms with Gasteiger partial charge in [-0.1, -0.05) is 13.2 Å². The second-order valence-electron chi connectivity index (χ2n) is 5.14. The lowest BCUT2D eigenvalue weighted by atomic mass is 10.2. The third-order valence-electron chi connectivity index (χ3n) is 2.87. The molecule has 0 fully saturated rings. The Morgan fingerprint density at radius 3 is 1.35 bits per heavy atom. The van der Waals surface area contributed by atoms with Gasteiger partial charge in [0.1, 0.15) is 11.5 Å². The number of rotatable bonds is 8. The molecule has 0 spiro atoms. The largest absolute Gasteiger partial charge is 0.459 e. The summed E-state index contributed by atoms with van der Waals surface area (Å²) < 4.78 is 16.2. The van der Waals surface area contributed by atoms with E-state index >= 15 is 0 Å². The molecular formula is C18H26O5. The smallest absolute Gasteiger partial charge is 0.333 e. The van der Waals surface area contributed by atoms with Gasteiger partial charge in [0.05, 0.1) is 0 Å². The minimum absolute atomic E-state index is 0.308. The molecule has 128 valence electrons. The summed E-state index contributed by atoms with van der Waals surface area (Å²) in [4.78, 5) is 23.2. The summed E-state index contributed by atoms with van der Waals surface area (Å²) in [5.74, 6) is -0.120. The van der Waals surface area contributed by atoms with E-state index in [1.54, 1.807) is 53.7 Å². The standard InChI is InChI=1S/C18H26O5/c1-9-15(13(7)21-17(19)11(3)4)23-16(10-2)14(8)22-18(20)12(5)6/h9-10,13-14H,3,5H2,1-2,4,6-8H3. The van der Waals surface area contributed by atoms with Crippen LogP contribution in [0, 0.1) is 0 Å². The first-order chi connectivity index (χ1) is 10.6. The summed E-state index contributed by atoms with van der Waals surface area (Å²) in [7, 11) is 0. The van der Waals surface area contributed by atoms with Crippen LogP contribution < -0.4 is 0 Å². The quantitative estimate of drug-likeness (QED) is 0.386. The Hall–Kier alpha value is -2.30. The molecule has 0 bridgehead atoms. The highest BCUT2D eigenvalue weighted by Gasteiger charge is 2.21. The van der Waals surface area contributed by atoms with Crippen molar-refractivity contribution in [1.29, 1.82) is 0 Å². The van der Waals surface area contributed by atoms with Gasteiger partial charge in [-0.05, 0) is 53.7 Å². The summed E-state index contributed by atoms with van der Waals surface area (Å²) in [5, 5.41) is 0. The molecule has 5 heteroatoms. The fraction of sp³-hybridized carbons (Fsp3) is 0.444. The average molecular weight is 322 g/mol. The number of allylic oxidation sites excluding steroid dienone is 2. The van der Waals surface area contributed by atoms with E-state index < -0.39 is 24.1 Å². The molecule has 0 aromatic carbocycles. The third kappa shape index (κ3) is 7.00. The Balaban J connectivity index is 4.94. The van der Waals surface area contributed by atoms with Crippen LogP contribution in [0.15, 0.2) is 48.0 Å². The number of hydrogen-bond acceptors (Lipinski definition) is 5. The summed E-state index contributed by atoms with van der Waals surface area (Å²) in [6.45, 7) is 17.1. The Morgan fingerprint density at radius 2 is 1.13 bits per heavy atom. The zero-order valence-electron chi connectivity index (χ0n) is 14.8. The molecule has 0 aliphatic rings. The predicted octanol–water partition coefficient (Wildman–Crippen LogP) is 3.83. The van der Waals surface area contributed by atoms with Crippen LogP contribution in [0.5, 0.6) is 0 Å². The first kappa shape index (κ1) is 20.7. The van der Waals surface area contributed by atoms with Crippen molar-refractivity contribution in [2.45, 2.75) is 53.8 Å². The fourth-order valence-corrected chi connectivity index (χ4v) is 1.53. The summed E-state index contributed by atoms with van der Waals surface area (Å²) >= 11 is 0. The topological polar surface area (TPSA) is 61.8 Å². The van der Waals surface area contributed by atoms with Crippen LogP contribution in [0.25, 0.3) is 0 Å². The molecule has 2 unspecified atom stereocenters. The van der Waals surface area contributed by atoms with Crippen molar-refractivity contribution in [1.82, 2.24) is 0 Å². The van der Waals surface area contributed by atoms with Gasteiger partial charge in [0.15, 0.2) is 12.2 Å². The van der Waals surface area contributed by atoms with E-state index in [1.807, 2.05) is 0 Å². The van der Waals surface area contributed by atoms with Crippen LogP contribution in [0.3, 0.4) is 0 Å². The summed E-state index contributed by atoms with van der Waals surface area (Å²) in [6, 6.07) is 0. The van der Waals surface area contributed by atoms with Crippen LogP contribution in [0.1, 0.15) is 41.5 Å². The molecule has 0 saturated carbocycles. The minimum atomic E-state index is -0.594. The van der Waals surface area contributed by atoms with Gasteiger partial charge in [-0.25, -0.2) is 9.59 Å². The maximum atomic E-state index is 11.6. The van der Waals surface area contributed by atoms with Gasteiger partial charge < -0.3 is 14.2 Å². The lowest BCUT2D eigenvalue weighted by Crippen LogP contribution is -2.23. The molecule has 0 saturated heterocycles. The van der Waals surface area contributed by atoms with Crippen molar-refractivity contribution in [2.75, 3.05) is 0 Å². The van der Waals surface area contributed by atoms with Crippen molar-refractivity contribution in [3.8, 4) is 0 Å². The average Bonchev–Trinajstić information content (AvgIpc) is 2.47. The van der Waals surface area contributed by atoms with Crippen molar-refractivity contribution < 1.29 is 23.8 Å². The van der Waals surface area contributed by atoms with Crippen molar-refractivity contribution in [2.24, 2.45) is 0 Å². The van der Waals surface area contributed by atoms with Crippen LogP contribution in [-0.4, -0.2) is 24.1 Å². The second-order valence-corrected chi connectivity index (χ2v) is 5.14. The van der Waals surface area contributed by atoms with Crippen LogP contribution >= 0.6 is 0 Å². The van der Waals surface area contributed by atoms with Gasteiger partial charge >= 0.3 is 11.9 Å². The Morgan fingerprint density at radius 1 is 0.826 bits per heavy atom. The molecule has 0 aromatic heterocycles. The molecule has 0 heterocycles. The van der Waals surface area contributed by atoms with Crippen molar-refractivity contribution >= 4 is 11.9 Å². The molecule has 0 N–H and O–H groups in total. The second kappa shape index (κ2) is 9.66. The van der Waals surface area contributed by atoms with Gasteiger partial charge in [-0.3, -0.25) is 0 Å². The summed E-state index contributed by atoms with van der Waals surface area (Å²) in [6.07, 6.45) is 2.19. The SMILES string of the molecule is C=C(C)C(=O)OC(C)C(=CC)OC(=CC)C(C)OC(=O)C(=C)C. The molecule has 0 rings (SSSR count). The van der Waals surface area contributed by atoms with Crippen LogP contribution in [0.4, 0.5) is 0 Å². The van der Waals surface area contributed by atoms with Crippen LogP contribution in [0.2, 0.25) is 0 Å². The number of hydrogen-bond donors (Lipinski definition) is 0. The fourth-order valence-electron chi connectivity index (χ4n) is 1.53. The van der Waals surface area contributed by atoms with E-state index in [9.17, 15) is 9.59 Å². The van der Waals surface area contributed by atoms with Gasteiger partial charge in [0.2, 0.25) is 0 Å². The molecule has 2 atom stereocenters. The first-order valence-electron chi connectivity index (χ1n) is 7.37. The Kier molecular flexibility index (Phi) is 8.70. The zero-order valence-corrected chi connectivity index (χ0v) is 14.8. The number of ether oxygens (including phenoxy) is 3. The maximum absolute atomic E-state index is 11.6. The van der Waals surface area contributed by atoms with E-state index in [4.69, 9.17) is 14.2 Å². The van der Waals surface area contributed by atoms with Crippen LogP contribution in [-0.2, 0) is 23.8 Å². The van der Waals surface area contributed by atoms with E-state index in [-0.39, 0.29) is 0 Å². The van der Waals surface area contributed by atoms with Gasteiger partial charge in [0.25, 0.3) is 0 Å². The Labute approximate surface area is 138 Å². The number of carbonyl (C=O) groups excluding carboxylic acids is 2. The Bertz CT molecular complexity index is 492. The molecule has 0 amide bonds. The number of esters is 2. The molecule has 23 heavy (non-hydrogen) atoms. The highest BCUT2D eigenvalue weighted by molar-refractivity contribution is 5.87. The monoisotopic (exact) mass is 322 g/mol. The highest BCUT2D eigenvalue weighted by atomic mass is 16.6.